The van der Waals surface area contributed by atoms with Crippen LogP contribution in [0.5, 0.6) is 0 Å². The SMILES string of the molecule is CCOC(=O)C(CCCN=C(N)N)NC(=O)CC. The number of amides is 1. The van der Waals surface area contributed by atoms with E-state index >= 15 is 0 Å². The van der Waals surface area contributed by atoms with Gasteiger partial charge in [-0.3, -0.25) is 9.79 Å². The third kappa shape index (κ3) is 7.48. The van der Waals surface area contributed by atoms with Crippen molar-refractivity contribution in [2.75, 3.05) is 13.2 Å². The first kappa shape index (κ1) is 16.2. The summed E-state index contributed by atoms with van der Waals surface area (Å²) in [5, 5.41) is 2.61. The second-order valence-corrected chi connectivity index (χ2v) is 3.67. The Morgan fingerprint density at radius 1 is 1.33 bits per heavy atom. The fourth-order valence-electron chi connectivity index (χ4n) is 1.29. The Bertz CT molecular complexity index is 301. The first-order valence-corrected chi connectivity index (χ1v) is 6.02. The van der Waals surface area contributed by atoms with Crippen molar-refractivity contribution in [3.8, 4) is 0 Å². The molecule has 1 unspecified atom stereocenters. The summed E-state index contributed by atoms with van der Waals surface area (Å²) >= 11 is 0. The number of carbonyl (C=O) groups excluding carboxylic acids is 2. The smallest absolute Gasteiger partial charge is 0.328 e. The molecule has 7 nitrogen and oxygen atoms in total. The molecular weight excluding hydrogens is 236 g/mol. The molecule has 18 heavy (non-hydrogen) atoms. The summed E-state index contributed by atoms with van der Waals surface area (Å²) < 4.78 is 4.89. The van der Waals surface area contributed by atoms with E-state index in [1.165, 1.54) is 0 Å². The first-order chi connectivity index (χ1) is 8.51. The van der Waals surface area contributed by atoms with Gasteiger partial charge in [-0.15, -0.1) is 0 Å². The number of hydrogen-bond acceptors (Lipinski definition) is 4. The van der Waals surface area contributed by atoms with Gasteiger partial charge in [0.1, 0.15) is 6.04 Å². The maximum atomic E-state index is 11.6. The van der Waals surface area contributed by atoms with Crippen LogP contribution in [0.1, 0.15) is 33.1 Å². The molecule has 0 bridgehead atoms. The minimum absolute atomic E-state index is 0.0141. The normalized spacial score (nSPS) is 11.4. The Balaban J connectivity index is 4.24. The molecule has 5 N–H and O–H groups in total. The Kier molecular flexibility index (Phi) is 8.34. The molecule has 104 valence electrons. The van der Waals surface area contributed by atoms with Crippen LogP contribution in [0.3, 0.4) is 0 Å². The summed E-state index contributed by atoms with van der Waals surface area (Å²) in [5.41, 5.74) is 10.4. The van der Waals surface area contributed by atoms with Gasteiger partial charge in [0.15, 0.2) is 5.96 Å². The van der Waals surface area contributed by atoms with Gasteiger partial charge >= 0.3 is 5.97 Å². The van der Waals surface area contributed by atoms with Crippen LogP contribution in [0, 0.1) is 0 Å². The molecule has 0 aromatic rings. The van der Waals surface area contributed by atoms with Gasteiger partial charge in [0.25, 0.3) is 0 Å². The molecule has 0 saturated carbocycles. The van der Waals surface area contributed by atoms with Crippen molar-refractivity contribution >= 4 is 17.8 Å². The maximum Gasteiger partial charge on any atom is 0.328 e. The van der Waals surface area contributed by atoms with Crippen LogP contribution in [-0.4, -0.2) is 37.0 Å². The van der Waals surface area contributed by atoms with E-state index in [2.05, 4.69) is 10.3 Å². The maximum absolute atomic E-state index is 11.6. The lowest BCUT2D eigenvalue weighted by atomic mass is 10.1. The zero-order chi connectivity index (χ0) is 14.0. The molecule has 1 atom stereocenters. The van der Waals surface area contributed by atoms with Crippen LogP contribution < -0.4 is 16.8 Å². The molecule has 0 heterocycles. The number of esters is 1. The van der Waals surface area contributed by atoms with Gasteiger partial charge < -0.3 is 21.5 Å². The predicted molar refractivity (Wildman–Crippen MR) is 68.8 cm³/mol. The molecule has 0 fully saturated rings. The van der Waals surface area contributed by atoms with Crippen LogP contribution in [0.25, 0.3) is 0 Å². The Morgan fingerprint density at radius 2 is 2.00 bits per heavy atom. The molecule has 0 aliphatic heterocycles. The van der Waals surface area contributed by atoms with E-state index in [0.717, 1.165) is 0 Å². The lowest BCUT2D eigenvalue weighted by Crippen LogP contribution is -2.41. The Labute approximate surface area is 107 Å². The van der Waals surface area contributed by atoms with Crippen molar-refractivity contribution in [2.45, 2.75) is 39.2 Å². The third-order valence-electron chi connectivity index (χ3n) is 2.17. The number of nitrogens with zero attached hydrogens (tertiary/aromatic N) is 1. The van der Waals surface area contributed by atoms with E-state index in [4.69, 9.17) is 16.2 Å². The molecule has 0 saturated heterocycles. The van der Waals surface area contributed by atoms with Crippen LogP contribution in [0.2, 0.25) is 0 Å². The molecule has 0 aromatic carbocycles. The van der Waals surface area contributed by atoms with E-state index in [9.17, 15) is 9.59 Å². The van der Waals surface area contributed by atoms with Gasteiger partial charge in [0, 0.05) is 13.0 Å². The number of nitrogens with one attached hydrogen (secondary N) is 1. The highest BCUT2D eigenvalue weighted by molar-refractivity contribution is 5.84. The van der Waals surface area contributed by atoms with E-state index < -0.39 is 12.0 Å². The predicted octanol–water partition coefficient (Wildman–Crippen LogP) is -0.502. The number of ether oxygens (including phenoxy) is 1. The van der Waals surface area contributed by atoms with Crippen molar-refractivity contribution < 1.29 is 14.3 Å². The fourth-order valence-corrected chi connectivity index (χ4v) is 1.29. The first-order valence-electron chi connectivity index (χ1n) is 6.02. The van der Waals surface area contributed by atoms with Gasteiger partial charge in [-0.1, -0.05) is 6.92 Å². The average molecular weight is 258 g/mol. The fraction of sp³-hybridized carbons (Fsp3) is 0.727. The number of hydrogen-bond donors (Lipinski definition) is 3. The van der Waals surface area contributed by atoms with Crippen LogP contribution >= 0.6 is 0 Å². The summed E-state index contributed by atoms with van der Waals surface area (Å²) in [7, 11) is 0. The minimum atomic E-state index is -0.633. The van der Waals surface area contributed by atoms with Gasteiger partial charge in [-0.05, 0) is 19.8 Å². The quantitative estimate of drug-likeness (QED) is 0.234. The summed E-state index contributed by atoms with van der Waals surface area (Å²) in [5.74, 6) is -0.598. The molecular formula is C11H22N4O3. The molecule has 0 spiro atoms. The highest BCUT2D eigenvalue weighted by Gasteiger charge is 2.20. The zero-order valence-corrected chi connectivity index (χ0v) is 10.9. The Hall–Kier alpha value is -1.79. The van der Waals surface area contributed by atoms with Gasteiger partial charge in [-0.25, -0.2) is 4.79 Å². The monoisotopic (exact) mass is 258 g/mol. The molecule has 7 heteroatoms. The van der Waals surface area contributed by atoms with E-state index in [1.807, 2.05) is 0 Å². The van der Waals surface area contributed by atoms with Crippen LogP contribution in [-0.2, 0) is 14.3 Å². The minimum Gasteiger partial charge on any atom is -0.464 e. The number of rotatable bonds is 8. The summed E-state index contributed by atoms with van der Waals surface area (Å²) in [6, 6.07) is -0.633. The molecule has 0 radical (unpaired) electrons. The number of nitrogens with two attached hydrogens (primary N) is 2. The summed E-state index contributed by atoms with van der Waals surface area (Å²) in [4.78, 5) is 26.7. The standard InChI is InChI=1S/C11H22N4O3/c1-3-9(16)15-8(10(17)18-4-2)6-5-7-14-11(12)13/h8H,3-7H2,1-2H3,(H,15,16)(H4,12,13,14). The second-order valence-electron chi connectivity index (χ2n) is 3.67. The van der Waals surface area contributed by atoms with E-state index in [-0.39, 0.29) is 18.5 Å². The second kappa shape index (κ2) is 9.26. The number of aliphatic imine (C=N–C) groups is 1. The third-order valence-corrected chi connectivity index (χ3v) is 2.17. The van der Waals surface area contributed by atoms with Crippen molar-refractivity contribution in [1.82, 2.24) is 5.32 Å². The molecule has 0 aromatic heterocycles. The topological polar surface area (TPSA) is 120 Å². The van der Waals surface area contributed by atoms with Crippen molar-refractivity contribution in [1.29, 1.82) is 0 Å². The molecule has 0 aliphatic rings. The molecule has 0 rings (SSSR count). The lowest BCUT2D eigenvalue weighted by molar-refractivity contribution is -0.147. The van der Waals surface area contributed by atoms with Gasteiger partial charge in [0.05, 0.1) is 6.61 Å². The largest absolute Gasteiger partial charge is 0.464 e. The van der Waals surface area contributed by atoms with E-state index in [0.29, 0.717) is 25.8 Å². The van der Waals surface area contributed by atoms with Gasteiger partial charge in [-0.2, -0.15) is 0 Å². The number of carbonyl (C=O) groups is 2. The van der Waals surface area contributed by atoms with Gasteiger partial charge in [0.2, 0.25) is 5.91 Å². The zero-order valence-electron chi connectivity index (χ0n) is 10.9. The highest BCUT2D eigenvalue weighted by Crippen LogP contribution is 2.01. The highest BCUT2D eigenvalue weighted by atomic mass is 16.5. The summed E-state index contributed by atoms with van der Waals surface area (Å²) in [6.07, 6.45) is 1.36. The molecule has 0 aliphatic carbocycles. The van der Waals surface area contributed by atoms with Crippen LogP contribution in [0.15, 0.2) is 4.99 Å². The van der Waals surface area contributed by atoms with Crippen LogP contribution in [0.4, 0.5) is 0 Å². The van der Waals surface area contributed by atoms with Crippen molar-refractivity contribution in [2.24, 2.45) is 16.5 Å². The average Bonchev–Trinajstić information content (AvgIpc) is 2.32. The van der Waals surface area contributed by atoms with Crippen molar-refractivity contribution in [3.63, 3.8) is 0 Å². The Morgan fingerprint density at radius 3 is 2.50 bits per heavy atom. The molecule has 1 amide bonds. The number of guanidine groups is 1. The lowest BCUT2D eigenvalue weighted by Gasteiger charge is -2.16. The van der Waals surface area contributed by atoms with E-state index in [1.54, 1.807) is 13.8 Å². The van der Waals surface area contributed by atoms with Crippen molar-refractivity contribution in [3.05, 3.63) is 0 Å². The summed E-state index contributed by atoms with van der Waals surface area (Å²) in [6.45, 7) is 4.14.